The number of nitrogens with zero attached hydrogens (tertiary/aromatic N) is 2. The van der Waals surface area contributed by atoms with Crippen LogP contribution >= 0.6 is 0 Å². The van der Waals surface area contributed by atoms with E-state index in [0.29, 0.717) is 5.82 Å². The van der Waals surface area contributed by atoms with E-state index in [1.165, 1.54) is 0 Å². The third-order valence-corrected chi connectivity index (χ3v) is 2.98. The van der Waals surface area contributed by atoms with Gasteiger partial charge in [-0.25, -0.2) is 4.98 Å². The lowest BCUT2D eigenvalue weighted by Crippen LogP contribution is -2.00. The molecule has 0 aliphatic heterocycles. The first-order chi connectivity index (χ1) is 7.79. The molecule has 9 heteroatoms. The van der Waals surface area contributed by atoms with Crippen molar-refractivity contribution in [2.24, 2.45) is 0 Å². The molecule has 0 aliphatic carbocycles. The molecule has 0 unspecified atom stereocenters. The van der Waals surface area contributed by atoms with Gasteiger partial charge in [-0.3, -0.25) is 14.7 Å². The van der Waals surface area contributed by atoms with Crippen molar-refractivity contribution in [2.45, 2.75) is 11.8 Å². The molecule has 1 heterocycles. The van der Waals surface area contributed by atoms with Crippen LogP contribution < -0.4 is 0 Å². The number of hydrogen-bond acceptors (Lipinski definition) is 5. The maximum atomic E-state index is 11.0. The molecule has 0 saturated carbocycles. The van der Waals surface area contributed by atoms with Crippen molar-refractivity contribution in [3.05, 3.63) is 28.1 Å². The van der Waals surface area contributed by atoms with E-state index in [-0.39, 0.29) is 11.0 Å². The summed E-state index contributed by atoms with van der Waals surface area (Å²) in [5.41, 5.74) is -0.233. The van der Waals surface area contributed by atoms with E-state index < -0.39 is 25.6 Å². The molecule has 0 saturated heterocycles. The fraction of sp³-hybridized carbons (Fsp3) is 0.125. The van der Waals surface area contributed by atoms with Crippen molar-refractivity contribution in [3.8, 4) is 0 Å². The van der Waals surface area contributed by atoms with Crippen LogP contribution in [0.3, 0.4) is 0 Å². The molecule has 1 aromatic carbocycles. The van der Waals surface area contributed by atoms with Crippen LogP contribution in [0.15, 0.2) is 17.0 Å². The van der Waals surface area contributed by atoms with Crippen LogP contribution in [0.1, 0.15) is 5.82 Å². The van der Waals surface area contributed by atoms with E-state index in [1.807, 2.05) is 0 Å². The summed E-state index contributed by atoms with van der Waals surface area (Å²) in [6.45, 7) is 1.58. The highest BCUT2D eigenvalue weighted by Gasteiger charge is 2.21. The summed E-state index contributed by atoms with van der Waals surface area (Å²) in [6, 6.07) is 1.87. The molecule has 2 N–H and O–H groups in total. The fourth-order valence-electron chi connectivity index (χ4n) is 1.48. The van der Waals surface area contributed by atoms with Crippen LogP contribution in [0, 0.1) is 17.0 Å². The number of rotatable bonds is 2. The summed E-state index contributed by atoms with van der Waals surface area (Å²) < 4.78 is 30.8. The molecule has 0 atom stereocenters. The van der Waals surface area contributed by atoms with Gasteiger partial charge in [0.25, 0.3) is 15.8 Å². The number of imidazole rings is 1. The van der Waals surface area contributed by atoms with E-state index in [4.69, 9.17) is 4.55 Å². The Kier molecular flexibility index (Phi) is 2.36. The molecular weight excluding hydrogens is 250 g/mol. The first kappa shape index (κ1) is 11.5. The van der Waals surface area contributed by atoms with Crippen molar-refractivity contribution in [1.29, 1.82) is 0 Å². The van der Waals surface area contributed by atoms with Gasteiger partial charge in [0.2, 0.25) is 0 Å². The second-order valence-corrected chi connectivity index (χ2v) is 4.81. The normalized spacial score (nSPS) is 11.9. The van der Waals surface area contributed by atoms with E-state index in [9.17, 15) is 18.5 Å². The van der Waals surface area contributed by atoms with Gasteiger partial charge in [0, 0.05) is 6.07 Å². The summed E-state index contributed by atoms with van der Waals surface area (Å²) in [6.07, 6.45) is 0. The number of benzene rings is 1. The zero-order valence-electron chi connectivity index (χ0n) is 8.54. The average molecular weight is 257 g/mol. The number of fused-ring (bicyclic) bond motifs is 1. The van der Waals surface area contributed by atoms with Crippen LogP contribution in [0.4, 0.5) is 5.69 Å². The lowest BCUT2D eigenvalue weighted by atomic mass is 10.3. The van der Waals surface area contributed by atoms with Crippen LogP contribution in [0.2, 0.25) is 0 Å². The molecule has 2 rings (SSSR count). The predicted molar refractivity (Wildman–Crippen MR) is 57.3 cm³/mol. The Hall–Kier alpha value is -2.00. The summed E-state index contributed by atoms with van der Waals surface area (Å²) >= 11 is 0. The Morgan fingerprint density at radius 1 is 1.47 bits per heavy atom. The monoisotopic (exact) mass is 257 g/mol. The number of hydrogen-bond donors (Lipinski definition) is 2. The first-order valence-electron chi connectivity index (χ1n) is 4.41. The third-order valence-electron chi connectivity index (χ3n) is 2.15. The SMILES string of the molecule is Cc1nc2c([N+](=O)[O-])cc(S(=O)(=O)O)cc2[nH]1. The number of aromatic nitrogens is 2. The Balaban J connectivity index is 2.89. The number of nitro benzene ring substituents is 1. The second-order valence-electron chi connectivity index (χ2n) is 3.39. The zero-order valence-corrected chi connectivity index (χ0v) is 9.35. The number of aryl methyl sites for hydroxylation is 1. The molecule has 0 radical (unpaired) electrons. The fourth-order valence-corrected chi connectivity index (χ4v) is 2.01. The molecule has 0 spiro atoms. The predicted octanol–water partition coefficient (Wildman–Crippen LogP) is 1.03. The van der Waals surface area contributed by atoms with Crippen LogP contribution in [0.5, 0.6) is 0 Å². The molecule has 8 nitrogen and oxygen atoms in total. The summed E-state index contributed by atoms with van der Waals surface area (Å²) in [5.74, 6) is 0.413. The van der Waals surface area contributed by atoms with Gasteiger partial charge in [-0.2, -0.15) is 8.42 Å². The number of nitro groups is 1. The average Bonchev–Trinajstić information content (AvgIpc) is 2.54. The van der Waals surface area contributed by atoms with Gasteiger partial charge < -0.3 is 4.98 Å². The number of non-ortho nitro benzene ring substituents is 1. The van der Waals surface area contributed by atoms with E-state index in [1.54, 1.807) is 6.92 Å². The second kappa shape index (κ2) is 3.50. The standard InChI is InChI=1S/C8H7N3O5S/c1-4-9-6-2-5(17(14,15)16)3-7(11(12)13)8(6)10-4/h2-3H,1H3,(H,9,10)(H,14,15,16). The largest absolute Gasteiger partial charge is 0.342 e. The number of H-pyrrole nitrogens is 1. The van der Waals surface area contributed by atoms with Crippen molar-refractivity contribution in [1.82, 2.24) is 9.97 Å². The third kappa shape index (κ3) is 1.97. The smallest absolute Gasteiger partial charge is 0.298 e. The van der Waals surface area contributed by atoms with Crippen molar-refractivity contribution < 1.29 is 17.9 Å². The molecular formula is C8H7N3O5S. The van der Waals surface area contributed by atoms with Gasteiger partial charge in [0.15, 0.2) is 5.52 Å². The zero-order chi connectivity index (χ0) is 12.8. The highest BCUT2D eigenvalue weighted by atomic mass is 32.2. The topological polar surface area (TPSA) is 126 Å². The van der Waals surface area contributed by atoms with Gasteiger partial charge in [0.1, 0.15) is 10.7 Å². The lowest BCUT2D eigenvalue weighted by molar-refractivity contribution is -0.383. The Morgan fingerprint density at radius 2 is 2.12 bits per heavy atom. The number of nitrogens with one attached hydrogen (secondary N) is 1. The summed E-state index contributed by atoms with van der Waals surface area (Å²) in [5, 5.41) is 10.8. The van der Waals surface area contributed by atoms with Crippen molar-refractivity contribution >= 4 is 26.8 Å². The van der Waals surface area contributed by atoms with Crippen molar-refractivity contribution in [2.75, 3.05) is 0 Å². The molecule has 2 aromatic rings. The van der Waals surface area contributed by atoms with E-state index >= 15 is 0 Å². The van der Waals surface area contributed by atoms with Crippen molar-refractivity contribution in [3.63, 3.8) is 0 Å². The Labute approximate surface area is 95.2 Å². The minimum atomic E-state index is -4.49. The molecule has 90 valence electrons. The van der Waals surface area contributed by atoms with E-state index in [2.05, 4.69) is 9.97 Å². The minimum Gasteiger partial charge on any atom is -0.342 e. The lowest BCUT2D eigenvalue weighted by Gasteiger charge is -1.98. The molecule has 0 amide bonds. The quantitative estimate of drug-likeness (QED) is 0.470. The molecule has 0 bridgehead atoms. The summed E-state index contributed by atoms with van der Waals surface area (Å²) in [4.78, 5) is 16.0. The van der Waals surface area contributed by atoms with Crippen LogP contribution in [-0.2, 0) is 10.1 Å². The first-order valence-corrected chi connectivity index (χ1v) is 5.85. The van der Waals surface area contributed by atoms with Gasteiger partial charge in [0.05, 0.1) is 10.4 Å². The Morgan fingerprint density at radius 3 is 2.65 bits per heavy atom. The van der Waals surface area contributed by atoms with E-state index in [0.717, 1.165) is 12.1 Å². The van der Waals surface area contributed by atoms with Gasteiger partial charge >= 0.3 is 0 Å². The number of aromatic amines is 1. The molecule has 1 aromatic heterocycles. The highest BCUT2D eigenvalue weighted by Crippen LogP contribution is 2.27. The molecule has 17 heavy (non-hydrogen) atoms. The molecule has 0 aliphatic rings. The highest BCUT2D eigenvalue weighted by molar-refractivity contribution is 7.85. The minimum absolute atomic E-state index is 0.0555. The van der Waals surface area contributed by atoms with Gasteiger partial charge in [-0.1, -0.05) is 0 Å². The van der Waals surface area contributed by atoms with Gasteiger partial charge in [-0.15, -0.1) is 0 Å². The van der Waals surface area contributed by atoms with Crippen LogP contribution in [-0.4, -0.2) is 27.9 Å². The molecule has 0 fully saturated rings. The summed E-state index contributed by atoms with van der Waals surface area (Å²) in [7, 11) is -4.49. The van der Waals surface area contributed by atoms with Crippen LogP contribution in [0.25, 0.3) is 11.0 Å². The maximum absolute atomic E-state index is 11.0. The van der Waals surface area contributed by atoms with Gasteiger partial charge in [-0.05, 0) is 13.0 Å². The Bertz CT molecular complexity index is 718. The maximum Gasteiger partial charge on any atom is 0.298 e.